The van der Waals surface area contributed by atoms with Gasteiger partial charge in [0.25, 0.3) is 5.56 Å². The van der Waals surface area contributed by atoms with Gasteiger partial charge in [0.2, 0.25) is 0 Å². The lowest BCUT2D eigenvalue weighted by molar-refractivity contribution is -0.136. The van der Waals surface area contributed by atoms with Gasteiger partial charge in [0.15, 0.2) is 0 Å². The van der Waals surface area contributed by atoms with Gasteiger partial charge in [0, 0.05) is 18.6 Å². The maximum Gasteiger partial charge on any atom is 0.418 e. The van der Waals surface area contributed by atoms with Crippen LogP contribution in [0.3, 0.4) is 0 Å². The molecule has 0 aliphatic rings. The number of rotatable bonds is 4. The summed E-state index contributed by atoms with van der Waals surface area (Å²) in [6.07, 6.45) is -4.62. The molecule has 31 heavy (non-hydrogen) atoms. The summed E-state index contributed by atoms with van der Waals surface area (Å²) < 4.78 is 41.1. The van der Waals surface area contributed by atoms with Gasteiger partial charge < -0.3 is 10.2 Å². The van der Waals surface area contributed by atoms with Crippen molar-refractivity contribution in [1.82, 2.24) is 14.5 Å². The maximum absolute atomic E-state index is 13.3. The molecule has 0 radical (unpaired) electrons. The third-order valence-electron chi connectivity index (χ3n) is 4.99. The fourth-order valence-corrected chi connectivity index (χ4v) is 3.56. The molecule has 0 fully saturated rings. The highest BCUT2D eigenvalue weighted by Crippen LogP contribution is 2.35. The summed E-state index contributed by atoms with van der Waals surface area (Å²) in [6.45, 7) is 3.50. The molecule has 1 N–H and O–H groups in total. The van der Waals surface area contributed by atoms with Crippen LogP contribution in [0.5, 0.6) is 0 Å². The maximum atomic E-state index is 13.3. The predicted molar refractivity (Wildman–Crippen MR) is 113 cm³/mol. The molecule has 0 saturated carbocycles. The summed E-state index contributed by atoms with van der Waals surface area (Å²) >= 11 is 6.01. The zero-order chi connectivity index (χ0) is 22.9. The number of alkyl halides is 3. The summed E-state index contributed by atoms with van der Waals surface area (Å²) in [5.74, 6) is 0.279. The Bertz CT molecular complexity index is 1190. The van der Waals surface area contributed by atoms with E-state index in [-0.39, 0.29) is 23.6 Å². The first-order valence-electron chi connectivity index (χ1n) is 9.44. The number of amides is 2. The standard InChI is InChI=1S/C21H20ClF3N4O2/c1-4-29(20(31)27-16-8-6-5-7-15(16)21(23,24)25)12(2)18-26-17-11-13(22)9-10-14(17)19(30)28(18)3/h5-12H,4H2,1-3H3,(H,27,31). The first kappa shape index (κ1) is 22.6. The zero-order valence-electron chi connectivity index (χ0n) is 17.0. The van der Waals surface area contributed by atoms with Crippen molar-refractivity contribution in [1.29, 1.82) is 0 Å². The summed E-state index contributed by atoms with van der Waals surface area (Å²) in [5, 5.41) is 3.10. The summed E-state index contributed by atoms with van der Waals surface area (Å²) in [7, 11) is 1.53. The smallest absolute Gasteiger partial charge is 0.315 e. The summed E-state index contributed by atoms with van der Waals surface area (Å²) in [6, 6.07) is 7.99. The van der Waals surface area contributed by atoms with Gasteiger partial charge in [-0.15, -0.1) is 0 Å². The van der Waals surface area contributed by atoms with E-state index in [1.54, 1.807) is 32.0 Å². The Morgan fingerprint density at radius 1 is 1.26 bits per heavy atom. The van der Waals surface area contributed by atoms with E-state index in [1.807, 2.05) is 0 Å². The third-order valence-corrected chi connectivity index (χ3v) is 5.23. The lowest BCUT2D eigenvalue weighted by Gasteiger charge is -2.29. The number of nitrogens with zero attached hydrogens (tertiary/aromatic N) is 3. The SMILES string of the molecule is CCN(C(=O)Nc1ccccc1C(F)(F)F)C(C)c1nc2cc(Cl)ccc2c(=O)n1C. The molecular formula is C21H20ClF3N4O2. The number of halogens is 4. The second-order valence-electron chi connectivity index (χ2n) is 6.93. The van der Waals surface area contributed by atoms with Crippen LogP contribution in [0, 0.1) is 0 Å². The van der Waals surface area contributed by atoms with Crippen LogP contribution >= 0.6 is 11.6 Å². The molecule has 2 aromatic carbocycles. The number of anilines is 1. The number of carbonyl (C=O) groups is 1. The van der Waals surface area contributed by atoms with Crippen LogP contribution in [0.25, 0.3) is 10.9 Å². The second-order valence-corrected chi connectivity index (χ2v) is 7.37. The lowest BCUT2D eigenvalue weighted by atomic mass is 10.1. The minimum absolute atomic E-state index is 0.171. The number of aromatic nitrogens is 2. The molecule has 1 atom stereocenters. The third kappa shape index (κ3) is 4.51. The Balaban J connectivity index is 1.97. The molecule has 1 heterocycles. The van der Waals surface area contributed by atoms with Gasteiger partial charge in [0.1, 0.15) is 5.82 Å². The molecular weight excluding hydrogens is 433 g/mol. The van der Waals surface area contributed by atoms with Gasteiger partial charge in [-0.1, -0.05) is 23.7 Å². The van der Waals surface area contributed by atoms with Crippen molar-refractivity contribution in [3.63, 3.8) is 0 Å². The van der Waals surface area contributed by atoms with Crippen LogP contribution in [-0.2, 0) is 13.2 Å². The average Bonchev–Trinajstić information content (AvgIpc) is 2.70. The van der Waals surface area contributed by atoms with E-state index in [9.17, 15) is 22.8 Å². The summed E-state index contributed by atoms with van der Waals surface area (Å²) in [5.41, 5.74) is -1.24. The van der Waals surface area contributed by atoms with Crippen LogP contribution in [0.15, 0.2) is 47.3 Å². The van der Waals surface area contributed by atoms with Crippen molar-refractivity contribution < 1.29 is 18.0 Å². The van der Waals surface area contributed by atoms with Crippen molar-refractivity contribution >= 4 is 34.2 Å². The van der Waals surface area contributed by atoms with Crippen molar-refractivity contribution in [2.24, 2.45) is 7.05 Å². The van der Waals surface area contributed by atoms with E-state index in [2.05, 4.69) is 10.3 Å². The number of carbonyl (C=O) groups excluding carboxylic acids is 1. The van der Waals surface area contributed by atoms with E-state index in [0.29, 0.717) is 15.9 Å². The Labute approximate surface area is 181 Å². The average molecular weight is 453 g/mol. The number of urea groups is 1. The van der Waals surface area contributed by atoms with E-state index in [1.165, 1.54) is 34.7 Å². The Morgan fingerprint density at radius 3 is 2.58 bits per heavy atom. The van der Waals surface area contributed by atoms with Gasteiger partial charge in [-0.3, -0.25) is 9.36 Å². The van der Waals surface area contributed by atoms with E-state index < -0.39 is 23.8 Å². The van der Waals surface area contributed by atoms with Crippen molar-refractivity contribution in [2.75, 3.05) is 11.9 Å². The first-order chi connectivity index (χ1) is 14.5. The van der Waals surface area contributed by atoms with E-state index in [0.717, 1.165) is 6.07 Å². The largest absolute Gasteiger partial charge is 0.418 e. The predicted octanol–water partition coefficient (Wildman–Crippen LogP) is 5.22. The molecule has 0 aliphatic heterocycles. The van der Waals surface area contributed by atoms with Gasteiger partial charge >= 0.3 is 12.2 Å². The fraction of sp³-hybridized carbons (Fsp3) is 0.286. The molecule has 1 aromatic heterocycles. The number of hydrogen-bond donors (Lipinski definition) is 1. The number of hydrogen-bond acceptors (Lipinski definition) is 3. The topological polar surface area (TPSA) is 67.2 Å². The van der Waals surface area contributed by atoms with E-state index in [4.69, 9.17) is 11.6 Å². The first-order valence-corrected chi connectivity index (χ1v) is 9.82. The molecule has 2 amide bonds. The molecule has 0 aliphatic carbocycles. The van der Waals surface area contributed by atoms with Crippen LogP contribution < -0.4 is 10.9 Å². The molecule has 0 saturated heterocycles. The number of para-hydroxylation sites is 1. The minimum Gasteiger partial charge on any atom is -0.315 e. The Morgan fingerprint density at radius 2 is 1.94 bits per heavy atom. The highest BCUT2D eigenvalue weighted by molar-refractivity contribution is 6.31. The monoisotopic (exact) mass is 452 g/mol. The quantitative estimate of drug-likeness (QED) is 0.590. The molecule has 1 unspecified atom stereocenters. The molecule has 10 heteroatoms. The number of nitrogens with one attached hydrogen (secondary N) is 1. The van der Waals surface area contributed by atoms with Crippen molar-refractivity contribution in [3.8, 4) is 0 Å². The molecule has 6 nitrogen and oxygen atoms in total. The van der Waals surface area contributed by atoms with Crippen LogP contribution in [0.4, 0.5) is 23.7 Å². The fourth-order valence-electron chi connectivity index (χ4n) is 3.39. The zero-order valence-corrected chi connectivity index (χ0v) is 17.8. The minimum atomic E-state index is -4.62. The molecule has 3 rings (SSSR count). The van der Waals surface area contributed by atoms with E-state index >= 15 is 0 Å². The van der Waals surface area contributed by atoms with Crippen molar-refractivity contribution in [2.45, 2.75) is 26.1 Å². The van der Waals surface area contributed by atoms with Crippen LogP contribution in [-0.4, -0.2) is 27.0 Å². The van der Waals surface area contributed by atoms with Gasteiger partial charge in [-0.2, -0.15) is 13.2 Å². The van der Waals surface area contributed by atoms with Crippen molar-refractivity contribution in [3.05, 3.63) is 69.2 Å². The second kappa shape index (κ2) is 8.58. The Hall–Kier alpha value is -3.07. The molecule has 3 aromatic rings. The normalized spacial score (nSPS) is 12.6. The highest BCUT2D eigenvalue weighted by Gasteiger charge is 2.34. The molecule has 0 bridgehead atoms. The van der Waals surface area contributed by atoms with Gasteiger partial charge in [-0.05, 0) is 44.2 Å². The highest BCUT2D eigenvalue weighted by atomic mass is 35.5. The molecule has 0 spiro atoms. The number of benzene rings is 2. The van der Waals surface area contributed by atoms with Crippen LogP contribution in [0.1, 0.15) is 31.3 Å². The lowest BCUT2D eigenvalue weighted by Crippen LogP contribution is -2.39. The van der Waals surface area contributed by atoms with Gasteiger partial charge in [-0.25, -0.2) is 9.78 Å². The van der Waals surface area contributed by atoms with Crippen LogP contribution in [0.2, 0.25) is 5.02 Å². The van der Waals surface area contributed by atoms with Gasteiger partial charge in [0.05, 0.1) is 28.2 Å². The summed E-state index contributed by atoms with van der Waals surface area (Å²) in [4.78, 5) is 31.4. The Kier molecular flexibility index (Phi) is 6.26. The number of fused-ring (bicyclic) bond motifs is 1. The molecule has 164 valence electrons.